The smallest absolute Gasteiger partial charge is 0.273 e. The first-order valence-electron chi connectivity index (χ1n) is 7.56. The standard InChI is InChI=1S/C15H22N2O3S/c1-8(2)14-16-11(7-21-14)15(20)17-5-9-3-12(18)13(19)4-10(9)6-17/h7-10,12-13,18-19H,3-6H2,1-2H3/t9-,10+,12-,13-/m0/s1. The number of amides is 1. The van der Waals surface area contributed by atoms with Gasteiger partial charge in [-0.1, -0.05) is 13.8 Å². The summed E-state index contributed by atoms with van der Waals surface area (Å²) in [4.78, 5) is 18.8. The number of nitrogens with zero attached hydrogens (tertiary/aromatic N) is 2. The van der Waals surface area contributed by atoms with Gasteiger partial charge in [0, 0.05) is 24.4 Å². The summed E-state index contributed by atoms with van der Waals surface area (Å²) >= 11 is 1.53. The van der Waals surface area contributed by atoms with E-state index < -0.39 is 12.2 Å². The Morgan fingerprint density at radius 1 is 1.29 bits per heavy atom. The van der Waals surface area contributed by atoms with E-state index in [9.17, 15) is 15.0 Å². The van der Waals surface area contributed by atoms with Crippen LogP contribution in [0.4, 0.5) is 0 Å². The summed E-state index contributed by atoms with van der Waals surface area (Å²) < 4.78 is 0. The van der Waals surface area contributed by atoms with Crippen molar-refractivity contribution < 1.29 is 15.0 Å². The van der Waals surface area contributed by atoms with Gasteiger partial charge in [-0.15, -0.1) is 11.3 Å². The first-order chi connectivity index (χ1) is 9.95. The van der Waals surface area contributed by atoms with Gasteiger partial charge in [0.05, 0.1) is 17.2 Å². The highest BCUT2D eigenvalue weighted by molar-refractivity contribution is 7.09. The molecule has 1 saturated heterocycles. The number of thiazole rings is 1. The van der Waals surface area contributed by atoms with Gasteiger partial charge in [0.25, 0.3) is 5.91 Å². The van der Waals surface area contributed by atoms with Gasteiger partial charge in [-0.2, -0.15) is 0 Å². The maximum atomic E-state index is 12.5. The van der Waals surface area contributed by atoms with Crippen LogP contribution in [-0.2, 0) is 0 Å². The second kappa shape index (κ2) is 5.66. The Hall–Kier alpha value is -0.980. The number of aromatic nitrogens is 1. The summed E-state index contributed by atoms with van der Waals surface area (Å²) in [5.41, 5.74) is 0.531. The summed E-state index contributed by atoms with van der Waals surface area (Å²) in [6, 6.07) is 0. The highest BCUT2D eigenvalue weighted by Crippen LogP contribution is 2.37. The van der Waals surface area contributed by atoms with E-state index in [0.29, 0.717) is 49.4 Å². The van der Waals surface area contributed by atoms with Crippen LogP contribution in [0.15, 0.2) is 5.38 Å². The Morgan fingerprint density at radius 2 is 1.86 bits per heavy atom. The first kappa shape index (κ1) is 14.9. The Bertz CT molecular complexity index is 513. The van der Waals surface area contributed by atoms with E-state index in [1.165, 1.54) is 11.3 Å². The Kier molecular flexibility index (Phi) is 4.03. The molecule has 1 amide bonds. The number of hydrogen-bond donors (Lipinski definition) is 2. The molecule has 4 atom stereocenters. The van der Waals surface area contributed by atoms with Gasteiger partial charge >= 0.3 is 0 Å². The second-order valence-corrected chi connectivity index (χ2v) is 7.45. The zero-order chi connectivity index (χ0) is 15.1. The van der Waals surface area contributed by atoms with Crippen molar-refractivity contribution in [3.05, 3.63) is 16.1 Å². The molecule has 1 saturated carbocycles. The summed E-state index contributed by atoms with van der Waals surface area (Å²) in [6.45, 7) is 5.48. The molecule has 0 radical (unpaired) electrons. The lowest BCUT2D eigenvalue weighted by atomic mass is 9.79. The van der Waals surface area contributed by atoms with Crippen molar-refractivity contribution in [1.82, 2.24) is 9.88 Å². The fraction of sp³-hybridized carbons (Fsp3) is 0.733. The molecular weight excluding hydrogens is 288 g/mol. The molecular formula is C15H22N2O3S. The largest absolute Gasteiger partial charge is 0.390 e. The number of aliphatic hydroxyl groups is 2. The number of likely N-dealkylation sites (tertiary alicyclic amines) is 1. The van der Waals surface area contributed by atoms with Crippen molar-refractivity contribution in [2.75, 3.05) is 13.1 Å². The van der Waals surface area contributed by atoms with E-state index in [1.54, 1.807) is 0 Å². The molecule has 6 heteroatoms. The topological polar surface area (TPSA) is 73.7 Å². The van der Waals surface area contributed by atoms with Crippen molar-refractivity contribution >= 4 is 17.2 Å². The maximum absolute atomic E-state index is 12.5. The van der Waals surface area contributed by atoms with Crippen LogP contribution >= 0.6 is 11.3 Å². The van der Waals surface area contributed by atoms with Gasteiger partial charge in [0.1, 0.15) is 5.69 Å². The summed E-state index contributed by atoms with van der Waals surface area (Å²) in [5, 5.41) is 22.4. The van der Waals surface area contributed by atoms with E-state index in [1.807, 2.05) is 10.3 Å². The maximum Gasteiger partial charge on any atom is 0.273 e. The molecule has 1 aromatic rings. The average Bonchev–Trinajstić information content (AvgIpc) is 3.05. The zero-order valence-corrected chi connectivity index (χ0v) is 13.2. The number of aliphatic hydroxyl groups excluding tert-OH is 2. The van der Waals surface area contributed by atoms with Crippen LogP contribution in [0, 0.1) is 11.8 Å². The number of hydrogen-bond acceptors (Lipinski definition) is 5. The number of rotatable bonds is 2. The summed E-state index contributed by atoms with van der Waals surface area (Å²) in [6.07, 6.45) is -0.116. The quantitative estimate of drug-likeness (QED) is 0.867. The van der Waals surface area contributed by atoms with Gasteiger partial charge in [0.15, 0.2) is 0 Å². The molecule has 1 aliphatic heterocycles. The predicted molar refractivity (Wildman–Crippen MR) is 80.3 cm³/mol. The molecule has 21 heavy (non-hydrogen) atoms. The van der Waals surface area contributed by atoms with Gasteiger partial charge in [0.2, 0.25) is 0 Å². The summed E-state index contributed by atoms with van der Waals surface area (Å²) in [7, 11) is 0. The van der Waals surface area contributed by atoms with Crippen LogP contribution in [0.1, 0.15) is 48.1 Å². The monoisotopic (exact) mass is 310 g/mol. The Morgan fingerprint density at radius 3 is 2.33 bits per heavy atom. The van der Waals surface area contributed by atoms with Crippen molar-refractivity contribution in [3.8, 4) is 0 Å². The molecule has 0 bridgehead atoms. The fourth-order valence-corrected chi connectivity index (χ4v) is 4.20. The van der Waals surface area contributed by atoms with Crippen molar-refractivity contribution in [2.24, 2.45) is 11.8 Å². The van der Waals surface area contributed by atoms with Crippen molar-refractivity contribution in [2.45, 2.75) is 44.8 Å². The fourth-order valence-electron chi connectivity index (χ4n) is 3.39. The minimum atomic E-state index is -0.645. The predicted octanol–water partition coefficient (Wildman–Crippen LogP) is 1.47. The first-order valence-corrected chi connectivity index (χ1v) is 8.44. The van der Waals surface area contributed by atoms with Gasteiger partial charge in [-0.05, 0) is 24.7 Å². The number of carbonyl (C=O) groups is 1. The molecule has 1 aliphatic carbocycles. The molecule has 2 fully saturated rings. The van der Waals surface area contributed by atoms with Crippen LogP contribution in [0.2, 0.25) is 0 Å². The van der Waals surface area contributed by atoms with Crippen LogP contribution < -0.4 is 0 Å². The third-order valence-corrected chi connectivity index (χ3v) is 5.78. The molecule has 0 spiro atoms. The average molecular weight is 310 g/mol. The third-order valence-electron chi connectivity index (χ3n) is 4.63. The van der Waals surface area contributed by atoms with E-state index in [-0.39, 0.29) is 5.91 Å². The molecule has 2 aliphatic rings. The lowest BCUT2D eigenvalue weighted by Gasteiger charge is -2.31. The Labute approximate surface area is 128 Å². The normalized spacial score (nSPS) is 32.5. The van der Waals surface area contributed by atoms with Crippen LogP contribution in [0.5, 0.6) is 0 Å². The molecule has 2 N–H and O–H groups in total. The molecule has 1 aromatic heterocycles. The van der Waals surface area contributed by atoms with Gasteiger partial charge in [-0.25, -0.2) is 4.98 Å². The van der Waals surface area contributed by atoms with Gasteiger partial charge < -0.3 is 15.1 Å². The zero-order valence-electron chi connectivity index (χ0n) is 12.4. The third kappa shape index (κ3) is 2.84. The Balaban J connectivity index is 1.69. The molecule has 0 unspecified atom stereocenters. The van der Waals surface area contributed by atoms with Crippen molar-refractivity contribution in [3.63, 3.8) is 0 Å². The van der Waals surface area contributed by atoms with E-state index in [2.05, 4.69) is 18.8 Å². The van der Waals surface area contributed by atoms with Crippen LogP contribution in [0.25, 0.3) is 0 Å². The SMILES string of the molecule is CC(C)c1nc(C(=O)N2C[C@H]3C[C@H](O)[C@@H](O)C[C@H]3C2)cs1. The minimum Gasteiger partial charge on any atom is -0.390 e. The molecule has 0 aromatic carbocycles. The summed E-state index contributed by atoms with van der Waals surface area (Å²) in [5.74, 6) is 0.922. The number of carbonyl (C=O) groups excluding carboxylic acids is 1. The molecule has 5 nitrogen and oxygen atoms in total. The van der Waals surface area contributed by atoms with E-state index in [0.717, 1.165) is 5.01 Å². The second-order valence-electron chi connectivity index (χ2n) is 6.56. The lowest BCUT2D eigenvalue weighted by molar-refractivity contribution is -0.0372. The minimum absolute atomic E-state index is 0.0171. The van der Waals surface area contributed by atoms with Crippen molar-refractivity contribution in [1.29, 1.82) is 0 Å². The molecule has 2 heterocycles. The van der Waals surface area contributed by atoms with Gasteiger partial charge in [-0.3, -0.25) is 4.79 Å². The molecule has 3 rings (SSSR count). The highest BCUT2D eigenvalue weighted by Gasteiger charge is 2.42. The van der Waals surface area contributed by atoms with Crippen LogP contribution in [0.3, 0.4) is 0 Å². The molecule has 116 valence electrons. The lowest BCUT2D eigenvalue weighted by Crippen LogP contribution is -2.38. The number of fused-ring (bicyclic) bond motifs is 1. The van der Waals surface area contributed by atoms with E-state index >= 15 is 0 Å². The van der Waals surface area contributed by atoms with Crippen LogP contribution in [-0.4, -0.2) is 51.3 Å². The van der Waals surface area contributed by atoms with E-state index in [4.69, 9.17) is 0 Å². The highest BCUT2D eigenvalue weighted by atomic mass is 32.1.